The van der Waals surface area contributed by atoms with Crippen molar-refractivity contribution in [3.8, 4) is 5.75 Å². The van der Waals surface area contributed by atoms with Crippen LogP contribution in [0, 0.1) is 28.6 Å². The Morgan fingerprint density at radius 1 is 1.05 bits per heavy atom. The molecular weight excluding hydrogens is 508 g/mol. The van der Waals surface area contributed by atoms with Gasteiger partial charge in [-0.05, 0) is 102 Å². The van der Waals surface area contributed by atoms with Crippen LogP contribution in [0.1, 0.15) is 110 Å². The number of carbonyl (C=O) groups is 3. The molecule has 1 aromatic carbocycles. The number of phenolic OH excluding ortho intramolecular Hbond substituents is 1. The number of hydrogen-bond donors (Lipinski definition) is 1. The molecule has 0 aromatic heterocycles. The molecule has 0 radical (unpaired) electrons. The number of phenols is 1. The molecule has 40 heavy (non-hydrogen) atoms. The Morgan fingerprint density at radius 2 is 1.73 bits per heavy atom. The van der Waals surface area contributed by atoms with Gasteiger partial charge in [0.05, 0.1) is 16.7 Å². The van der Waals surface area contributed by atoms with Crippen LogP contribution in [0.15, 0.2) is 24.3 Å². The molecule has 4 aliphatic rings. The van der Waals surface area contributed by atoms with Crippen LogP contribution >= 0.6 is 0 Å². The average Bonchev–Trinajstić information content (AvgIpc) is 3.71. The van der Waals surface area contributed by atoms with Gasteiger partial charge in [-0.1, -0.05) is 32.9 Å². The predicted octanol–water partition coefficient (Wildman–Crippen LogP) is 6.46. The molecule has 3 saturated carbocycles. The monoisotopic (exact) mass is 554 g/mol. The predicted molar refractivity (Wildman–Crippen MR) is 149 cm³/mol. The number of aromatic hydroxyl groups is 1. The highest BCUT2D eigenvalue weighted by Gasteiger charge is 2.65. The van der Waals surface area contributed by atoms with E-state index in [-0.39, 0.29) is 47.5 Å². The summed E-state index contributed by atoms with van der Waals surface area (Å²) < 4.78 is 18.4. The highest BCUT2D eigenvalue weighted by Crippen LogP contribution is 2.57. The maximum absolute atomic E-state index is 14.4. The Labute approximate surface area is 238 Å². The summed E-state index contributed by atoms with van der Waals surface area (Å²) in [6, 6.07) is 7.11. The number of fused-ring (bicyclic) bond motifs is 1. The largest absolute Gasteiger partial charge is 0.508 e. The van der Waals surface area contributed by atoms with Gasteiger partial charge in [-0.15, -0.1) is 0 Å². The molecular formula is C33H46O7. The van der Waals surface area contributed by atoms with Crippen molar-refractivity contribution in [2.24, 2.45) is 28.6 Å². The van der Waals surface area contributed by atoms with Gasteiger partial charge in [0, 0.05) is 11.8 Å². The third-order valence-electron chi connectivity index (χ3n) is 11.5. The van der Waals surface area contributed by atoms with Crippen molar-refractivity contribution in [3.05, 3.63) is 29.8 Å². The summed E-state index contributed by atoms with van der Waals surface area (Å²) in [6.45, 7) is 9.82. The van der Waals surface area contributed by atoms with Gasteiger partial charge in [-0.3, -0.25) is 14.4 Å². The molecule has 1 saturated heterocycles. The zero-order chi connectivity index (χ0) is 28.9. The molecule has 0 spiro atoms. The maximum atomic E-state index is 14.4. The van der Waals surface area contributed by atoms with E-state index in [0.29, 0.717) is 19.3 Å². The number of rotatable bonds is 11. The summed E-state index contributed by atoms with van der Waals surface area (Å²) in [6.07, 6.45) is 6.77. The van der Waals surface area contributed by atoms with E-state index in [2.05, 4.69) is 13.8 Å². The normalized spacial score (nSPS) is 31.7. The van der Waals surface area contributed by atoms with Crippen LogP contribution in [0.2, 0.25) is 0 Å². The molecule has 7 nitrogen and oxygen atoms in total. The topological polar surface area (TPSA) is 99.1 Å². The van der Waals surface area contributed by atoms with Gasteiger partial charge in [-0.25, -0.2) is 0 Å². The lowest BCUT2D eigenvalue weighted by molar-refractivity contribution is -0.196. The Kier molecular flexibility index (Phi) is 7.73. The zero-order valence-corrected chi connectivity index (χ0v) is 24.7. The average molecular weight is 555 g/mol. The molecule has 220 valence electrons. The maximum Gasteiger partial charge on any atom is 0.313 e. The lowest BCUT2D eigenvalue weighted by Gasteiger charge is -2.46. The Morgan fingerprint density at radius 3 is 2.33 bits per heavy atom. The summed E-state index contributed by atoms with van der Waals surface area (Å²) in [4.78, 5) is 41.0. The summed E-state index contributed by atoms with van der Waals surface area (Å²) in [5.41, 5.74) is -1.82. The Hall–Kier alpha value is -2.57. The summed E-state index contributed by atoms with van der Waals surface area (Å²) in [5, 5.41) is 9.86. The first-order valence-electron chi connectivity index (χ1n) is 15.4. The third kappa shape index (κ3) is 4.61. The number of ether oxygens (including phenoxy) is 3. The van der Waals surface area contributed by atoms with Crippen LogP contribution in [0.5, 0.6) is 5.75 Å². The molecule has 7 heteroatoms. The van der Waals surface area contributed by atoms with Gasteiger partial charge in [-0.2, -0.15) is 0 Å². The Bertz CT molecular complexity index is 1120. The Balaban J connectivity index is 1.47. The second kappa shape index (κ2) is 10.7. The van der Waals surface area contributed by atoms with Crippen molar-refractivity contribution in [2.45, 2.75) is 123 Å². The second-order valence-electron chi connectivity index (χ2n) is 13.3. The number of carbonyl (C=O) groups excluding carboxylic acids is 3. The van der Waals surface area contributed by atoms with Gasteiger partial charge in [0.2, 0.25) is 0 Å². The molecule has 8 atom stereocenters. The quantitative estimate of drug-likeness (QED) is 0.248. The van der Waals surface area contributed by atoms with Crippen molar-refractivity contribution in [1.82, 2.24) is 0 Å². The minimum absolute atomic E-state index is 0.0305. The van der Waals surface area contributed by atoms with Crippen LogP contribution in [0.25, 0.3) is 0 Å². The number of esters is 3. The van der Waals surface area contributed by atoms with Crippen LogP contribution in [-0.2, 0) is 28.6 Å². The number of hydrogen-bond acceptors (Lipinski definition) is 7. The van der Waals surface area contributed by atoms with E-state index in [9.17, 15) is 19.5 Å². The second-order valence-corrected chi connectivity index (χ2v) is 13.3. The van der Waals surface area contributed by atoms with Crippen molar-refractivity contribution in [2.75, 3.05) is 0 Å². The van der Waals surface area contributed by atoms with Gasteiger partial charge < -0.3 is 19.3 Å². The van der Waals surface area contributed by atoms with E-state index in [0.717, 1.165) is 50.5 Å². The van der Waals surface area contributed by atoms with Gasteiger partial charge >= 0.3 is 17.9 Å². The van der Waals surface area contributed by atoms with Crippen LogP contribution in [0.4, 0.5) is 0 Å². The van der Waals surface area contributed by atoms with Crippen molar-refractivity contribution in [3.63, 3.8) is 0 Å². The van der Waals surface area contributed by atoms with E-state index in [1.807, 2.05) is 32.9 Å². The minimum Gasteiger partial charge on any atom is -0.508 e. The van der Waals surface area contributed by atoms with Crippen LogP contribution in [0.3, 0.4) is 0 Å². The van der Waals surface area contributed by atoms with Crippen molar-refractivity contribution < 1.29 is 33.7 Å². The van der Waals surface area contributed by atoms with Gasteiger partial charge in [0.15, 0.2) is 0 Å². The molecule has 4 fully saturated rings. The van der Waals surface area contributed by atoms with E-state index >= 15 is 0 Å². The first-order chi connectivity index (χ1) is 19.0. The molecule has 1 heterocycles. The molecule has 5 rings (SSSR count). The van der Waals surface area contributed by atoms with E-state index < -0.39 is 28.5 Å². The van der Waals surface area contributed by atoms with Crippen LogP contribution in [-0.4, -0.2) is 40.8 Å². The molecule has 1 N–H and O–H groups in total. The SMILES string of the molecule is CCC(CC(C)(C(=O)OC1(CC)CCCC1)C(C)(CC)C(=O)OC1C2CC3C(=O)OC1C3C2)c1ccc(O)cc1. The van der Waals surface area contributed by atoms with Crippen molar-refractivity contribution >= 4 is 17.9 Å². The highest BCUT2D eigenvalue weighted by molar-refractivity contribution is 5.88. The smallest absolute Gasteiger partial charge is 0.313 e. The standard InChI is InChI=1S/C33H46O7/c1-6-20(21-11-13-23(34)14-12-21)19-32(5,30(37)40-33(8-3)15-9-10-16-33)31(4,7-2)29(36)39-26-22-17-24-25(18-22)28(35)38-27(24)26/h11-14,20,22,24-27,34H,6-10,15-19H2,1-5H3. The minimum atomic E-state index is -1.17. The van der Waals surface area contributed by atoms with Crippen LogP contribution < -0.4 is 0 Å². The fourth-order valence-corrected chi connectivity index (χ4v) is 8.21. The first kappa shape index (κ1) is 28.9. The third-order valence-corrected chi connectivity index (χ3v) is 11.5. The van der Waals surface area contributed by atoms with Gasteiger partial charge in [0.1, 0.15) is 23.6 Å². The van der Waals surface area contributed by atoms with Crippen molar-refractivity contribution in [1.29, 1.82) is 0 Å². The fourth-order valence-electron chi connectivity index (χ4n) is 8.21. The van der Waals surface area contributed by atoms with E-state index in [1.165, 1.54) is 0 Å². The fraction of sp³-hybridized carbons (Fsp3) is 0.727. The molecule has 3 aliphatic carbocycles. The lowest BCUT2D eigenvalue weighted by Crippen LogP contribution is -2.54. The summed E-state index contributed by atoms with van der Waals surface area (Å²) >= 11 is 0. The molecule has 1 aromatic rings. The zero-order valence-electron chi connectivity index (χ0n) is 24.7. The molecule has 1 aliphatic heterocycles. The van der Waals surface area contributed by atoms with Gasteiger partial charge in [0.25, 0.3) is 0 Å². The van der Waals surface area contributed by atoms with E-state index in [4.69, 9.17) is 14.2 Å². The molecule has 2 bridgehead atoms. The molecule has 0 amide bonds. The first-order valence-corrected chi connectivity index (χ1v) is 15.4. The lowest BCUT2D eigenvalue weighted by atomic mass is 9.59. The van der Waals surface area contributed by atoms with E-state index in [1.54, 1.807) is 12.1 Å². The summed E-state index contributed by atoms with van der Waals surface area (Å²) in [7, 11) is 0. The highest BCUT2D eigenvalue weighted by atomic mass is 16.6. The number of benzene rings is 1. The summed E-state index contributed by atoms with van der Waals surface area (Å²) in [5.74, 6) is -0.563. The molecule has 8 unspecified atom stereocenters.